The third-order valence-electron chi connectivity index (χ3n) is 14.7. The van der Waals surface area contributed by atoms with Gasteiger partial charge in [0.15, 0.2) is 24.5 Å². The van der Waals surface area contributed by atoms with E-state index >= 15 is 0 Å². The number of carbonyl (C=O) groups is 9. The molecule has 0 aliphatic carbocycles. The summed E-state index contributed by atoms with van der Waals surface area (Å²) in [5, 5.41) is 63.4. The number of benzene rings is 5. The SMILES string of the molecule is COc1ccc(NC(C)=O)cc1CNC(CCCNC(=N)N)C(=O)Nc1ccc(OCC(=O)O)c(C(=O)NC(CCCNC(=N)N)C(=O)Nc2ccc(OC)c(C(=O)NC(CCCNC(=N)N)C(=O)Nc3ccc(OC)c(C(=O)NC(Cc4c[nH]c5ccccc45)C(N)=O)c3)c2)c1. The summed E-state index contributed by atoms with van der Waals surface area (Å²) in [6.07, 6.45) is 2.47. The molecular formula is C64H81N19O14. The van der Waals surface area contributed by atoms with Gasteiger partial charge in [0.1, 0.15) is 41.1 Å². The van der Waals surface area contributed by atoms with E-state index in [9.17, 15) is 48.3 Å². The van der Waals surface area contributed by atoms with Crippen molar-refractivity contribution in [3.63, 3.8) is 0 Å². The zero-order valence-corrected chi connectivity index (χ0v) is 53.7. The molecule has 1 aromatic heterocycles. The number of carboxylic acid groups (broad SMARTS) is 1. The van der Waals surface area contributed by atoms with Crippen LogP contribution in [-0.4, -0.2) is 153 Å². The second kappa shape index (κ2) is 36.3. The van der Waals surface area contributed by atoms with Crippen molar-refractivity contribution in [2.75, 3.05) is 68.8 Å². The third-order valence-corrected chi connectivity index (χ3v) is 14.7. The summed E-state index contributed by atoms with van der Waals surface area (Å²) in [6, 6.07) is 19.6. The Labute approximate surface area is 556 Å². The number of carbonyl (C=O) groups excluding carboxylic acids is 8. The van der Waals surface area contributed by atoms with Gasteiger partial charge in [-0.25, -0.2) is 4.79 Å². The Morgan fingerprint density at radius 2 is 0.918 bits per heavy atom. The number of nitrogens with two attached hydrogens (primary N) is 4. The second-order valence-corrected chi connectivity index (χ2v) is 21.8. The van der Waals surface area contributed by atoms with Crippen molar-refractivity contribution < 1.29 is 67.2 Å². The molecule has 5 aromatic carbocycles. The Balaban J connectivity index is 1.23. The van der Waals surface area contributed by atoms with E-state index in [1.54, 1.807) is 24.4 Å². The molecule has 0 saturated heterocycles. The van der Waals surface area contributed by atoms with Crippen LogP contribution in [0, 0.1) is 16.2 Å². The van der Waals surface area contributed by atoms with Crippen LogP contribution in [0.15, 0.2) is 103 Å². The molecule has 0 aliphatic rings. The molecule has 0 fully saturated rings. The highest BCUT2D eigenvalue weighted by atomic mass is 16.5. The minimum Gasteiger partial charge on any atom is -0.496 e. The lowest BCUT2D eigenvalue weighted by Gasteiger charge is -2.22. The van der Waals surface area contributed by atoms with Crippen LogP contribution in [0.2, 0.25) is 0 Å². The minimum atomic E-state index is -1.42. The lowest BCUT2D eigenvalue weighted by molar-refractivity contribution is -0.139. The van der Waals surface area contributed by atoms with E-state index in [-0.39, 0.29) is 139 Å². The molecule has 0 saturated carbocycles. The molecule has 1 heterocycles. The van der Waals surface area contributed by atoms with E-state index in [4.69, 9.17) is 58.1 Å². The number of ether oxygens (including phenoxy) is 4. The third kappa shape index (κ3) is 22.8. The van der Waals surface area contributed by atoms with Crippen LogP contribution in [0.4, 0.5) is 22.7 Å². The van der Waals surface area contributed by atoms with Crippen LogP contribution in [0.25, 0.3) is 10.9 Å². The Bertz CT molecular complexity index is 3880. The predicted octanol–water partition coefficient (Wildman–Crippen LogP) is 1.80. The van der Waals surface area contributed by atoms with E-state index in [2.05, 4.69) is 63.5 Å². The summed E-state index contributed by atoms with van der Waals surface area (Å²) >= 11 is 0. The number of amides is 8. The number of methoxy groups -OCH3 is 3. The molecule has 4 unspecified atom stereocenters. The number of aromatic amines is 1. The van der Waals surface area contributed by atoms with Crippen LogP contribution in [0.1, 0.15) is 87.6 Å². The van der Waals surface area contributed by atoms with Gasteiger partial charge < -0.3 is 110 Å². The fraction of sp³-hybridized carbons (Fsp3) is 0.312. The van der Waals surface area contributed by atoms with Gasteiger partial charge in [-0.3, -0.25) is 54.6 Å². The van der Waals surface area contributed by atoms with E-state index in [1.807, 2.05) is 24.3 Å². The number of H-pyrrole nitrogens is 1. The first-order valence-corrected chi connectivity index (χ1v) is 30.3. The number of anilines is 4. The fourth-order valence-corrected chi connectivity index (χ4v) is 10.00. The molecule has 516 valence electrons. The quantitative estimate of drug-likeness (QED) is 0.0150. The molecule has 4 atom stereocenters. The number of carboxylic acids is 1. The lowest BCUT2D eigenvalue weighted by atomic mass is 10.0. The number of aromatic nitrogens is 1. The van der Waals surface area contributed by atoms with Gasteiger partial charge in [-0.2, -0.15) is 0 Å². The van der Waals surface area contributed by atoms with Crippen molar-refractivity contribution in [3.8, 4) is 23.0 Å². The number of para-hydroxylation sites is 1. The molecule has 0 spiro atoms. The highest BCUT2D eigenvalue weighted by Gasteiger charge is 2.29. The van der Waals surface area contributed by atoms with Crippen LogP contribution in [0.3, 0.4) is 0 Å². The smallest absolute Gasteiger partial charge is 0.341 e. The average molecular weight is 1340 g/mol. The van der Waals surface area contributed by atoms with Gasteiger partial charge in [0.05, 0.1) is 44.1 Å². The van der Waals surface area contributed by atoms with Crippen LogP contribution < -0.4 is 100 Å². The maximum Gasteiger partial charge on any atom is 0.341 e. The summed E-state index contributed by atoms with van der Waals surface area (Å²) in [6.45, 7) is 0.954. The highest BCUT2D eigenvalue weighted by Crippen LogP contribution is 2.29. The van der Waals surface area contributed by atoms with E-state index < -0.39 is 78.1 Å². The number of hydrogen-bond acceptors (Lipinski definition) is 17. The van der Waals surface area contributed by atoms with Crippen LogP contribution in [-0.2, 0) is 41.7 Å². The molecule has 8 amide bonds. The summed E-state index contributed by atoms with van der Waals surface area (Å²) in [7, 11) is 4.07. The number of primary amides is 1. The second-order valence-electron chi connectivity index (χ2n) is 21.8. The van der Waals surface area contributed by atoms with Crippen molar-refractivity contribution in [3.05, 3.63) is 131 Å². The average Bonchev–Trinajstić information content (AvgIpc) is 1.85. The Morgan fingerprint density at radius 3 is 1.36 bits per heavy atom. The van der Waals surface area contributed by atoms with Crippen LogP contribution in [0.5, 0.6) is 23.0 Å². The number of nitrogens with one attached hydrogen (secondary N) is 15. The molecule has 33 heteroatoms. The minimum absolute atomic E-state index is 0.000461. The monoisotopic (exact) mass is 1340 g/mol. The first kappa shape index (κ1) is 73.9. The number of hydrogen-bond donors (Lipinski definition) is 20. The number of guanidine groups is 3. The molecule has 24 N–H and O–H groups in total. The van der Waals surface area contributed by atoms with Crippen molar-refractivity contribution in [1.82, 2.24) is 42.2 Å². The first-order valence-electron chi connectivity index (χ1n) is 30.3. The molecule has 33 nitrogen and oxygen atoms in total. The molecule has 0 bridgehead atoms. The Morgan fingerprint density at radius 1 is 0.505 bits per heavy atom. The van der Waals surface area contributed by atoms with Crippen LogP contribution >= 0.6 is 0 Å². The molecule has 6 rings (SSSR count). The fourth-order valence-electron chi connectivity index (χ4n) is 10.00. The van der Waals surface area contributed by atoms with Gasteiger partial charge in [0.25, 0.3) is 17.7 Å². The van der Waals surface area contributed by atoms with Gasteiger partial charge in [-0.1, -0.05) is 18.2 Å². The van der Waals surface area contributed by atoms with Crippen molar-refractivity contribution in [2.45, 2.75) is 82.6 Å². The zero-order valence-electron chi connectivity index (χ0n) is 53.7. The van der Waals surface area contributed by atoms with Gasteiger partial charge in [-0.05, 0) is 123 Å². The highest BCUT2D eigenvalue weighted by molar-refractivity contribution is 6.07. The van der Waals surface area contributed by atoms with Gasteiger partial charge in [0, 0.05) is 84.9 Å². The normalized spacial score (nSPS) is 12.0. The number of fused-ring (bicyclic) bond motifs is 1. The molecular weight excluding hydrogens is 1260 g/mol. The topological polar surface area (TPSA) is 535 Å². The first-order chi connectivity index (χ1) is 46.4. The van der Waals surface area contributed by atoms with Gasteiger partial charge >= 0.3 is 5.97 Å². The maximum atomic E-state index is 14.5. The summed E-state index contributed by atoms with van der Waals surface area (Å²) in [5.74, 6) is -7.95. The van der Waals surface area contributed by atoms with Gasteiger partial charge in [0.2, 0.25) is 29.5 Å². The zero-order chi connectivity index (χ0) is 70.7. The van der Waals surface area contributed by atoms with E-state index in [1.165, 1.54) is 82.9 Å². The molecule has 97 heavy (non-hydrogen) atoms. The predicted molar refractivity (Wildman–Crippen MR) is 362 cm³/mol. The maximum absolute atomic E-state index is 14.5. The summed E-state index contributed by atoms with van der Waals surface area (Å²) in [4.78, 5) is 125. The van der Waals surface area contributed by atoms with Gasteiger partial charge in [-0.15, -0.1) is 0 Å². The van der Waals surface area contributed by atoms with E-state index in [0.29, 0.717) is 23.4 Å². The summed E-state index contributed by atoms with van der Waals surface area (Å²) < 4.78 is 22.1. The largest absolute Gasteiger partial charge is 0.496 e. The molecule has 0 radical (unpaired) electrons. The van der Waals surface area contributed by atoms with Crippen molar-refractivity contribution in [1.29, 1.82) is 16.2 Å². The summed E-state index contributed by atoms with van der Waals surface area (Å²) in [5.41, 5.74) is 24.5. The van der Waals surface area contributed by atoms with E-state index in [0.717, 1.165) is 16.5 Å². The number of rotatable bonds is 37. The Kier molecular flexibility index (Phi) is 27.7. The molecule has 6 aromatic rings. The molecule has 0 aliphatic heterocycles. The standard InChI is InChI=1S/C64H81N19O14/c1-34(84)77-37-15-19-50(94-2)36(26-37)32-76-46(12-7-23-72-62(66)67)59(91)78-40-18-22-53(97-33-54(85)86)44(30-40)58(90)82-48(14-9-25-74-64(70)71)61(93)79-38-16-20-51(95-3)42(28-38)56(88)81-47(13-8-24-73-63(68)69)60(92)80-39-17-21-52(96-4)43(29-39)57(89)83-49(55(65)87)27-35-31-75-45-11-6-5-10-41(35)45/h5-6,10-11,15-22,26,28-31,46-49,75-76H,7-9,12-14,23-25,27,32-33H2,1-4H3,(H2,65,87)(H,77,84)(H,78,91)(H,79,93)(H,80,92)(H,81,88)(H,82,90)(H,83,89)(H,85,86)(H4,66,67,72)(H4,68,69,73)(H4,70,71,74). The Hall–Kier alpha value is -12.2. The number of aliphatic carboxylic acids is 1. The van der Waals surface area contributed by atoms with Crippen molar-refractivity contribution in [2.24, 2.45) is 22.9 Å². The lowest BCUT2D eigenvalue weighted by Crippen LogP contribution is -2.46. The van der Waals surface area contributed by atoms with Crippen molar-refractivity contribution >= 4 is 105 Å².